The van der Waals surface area contributed by atoms with E-state index in [1.54, 1.807) is 21.0 Å². The van der Waals surface area contributed by atoms with Gasteiger partial charge in [-0.1, -0.05) is 6.92 Å². The predicted octanol–water partition coefficient (Wildman–Crippen LogP) is 1.57. The highest BCUT2D eigenvalue weighted by molar-refractivity contribution is 9.10. The molecule has 130 valence electrons. The van der Waals surface area contributed by atoms with E-state index in [1.165, 1.54) is 31.3 Å². The van der Waals surface area contributed by atoms with Crippen molar-refractivity contribution in [3.63, 3.8) is 0 Å². The Morgan fingerprint density at radius 3 is 2.13 bits per heavy atom. The van der Waals surface area contributed by atoms with Gasteiger partial charge in [-0.05, 0) is 22.0 Å². The number of hydrogen-bond donors (Lipinski definition) is 0. The van der Waals surface area contributed by atoms with E-state index in [9.17, 15) is 13.2 Å². The number of amides is 1. The fraction of sp³-hybridized carbons (Fsp3) is 0.500. The molecule has 0 aliphatic carbocycles. The summed E-state index contributed by atoms with van der Waals surface area (Å²) < 4.78 is 37.4. The Balaban J connectivity index is 3.33. The predicted molar refractivity (Wildman–Crippen MR) is 90.4 cm³/mol. The molecule has 0 fully saturated rings. The molecule has 0 spiro atoms. The van der Waals surface area contributed by atoms with Crippen LogP contribution in [0.1, 0.15) is 6.92 Å². The maximum Gasteiger partial charge on any atom is 0.244 e. The van der Waals surface area contributed by atoms with Gasteiger partial charge in [0.25, 0.3) is 0 Å². The third-order valence-corrected chi connectivity index (χ3v) is 6.10. The third kappa shape index (κ3) is 4.36. The molecule has 0 bridgehead atoms. The molecule has 0 heterocycles. The van der Waals surface area contributed by atoms with Crippen LogP contribution >= 0.6 is 15.9 Å². The lowest BCUT2D eigenvalue weighted by Crippen LogP contribution is -2.40. The van der Waals surface area contributed by atoms with Gasteiger partial charge < -0.3 is 14.4 Å². The first-order chi connectivity index (χ1) is 10.7. The summed E-state index contributed by atoms with van der Waals surface area (Å²) in [6.07, 6.45) is 0. The van der Waals surface area contributed by atoms with Gasteiger partial charge in [0.1, 0.15) is 4.90 Å². The van der Waals surface area contributed by atoms with Crippen molar-refractivity contribution in [2.45, 2.75) is 11.8 Å². The Hall–Kier alpha value is -1.32. The van der Waals surface area contributed by atoms with Crippen LogP contribution in [-0.2, 0) is 14.8 Å². The van der Waals surface area contributed by atoms with E-state index in [0.29, 0.717) is 16.0 Å². The maximum absolute atomic E-state index is 12.8. The van der Waals surface area contributed by atoms with Gasteiger partial charge >= 0.3 is 0 Å². The van der Waals surface area contributed by atoms with Gasteiger partial charge in [0.15, 0.2) is 11.5 Å². The molecular formula is C14H21BrN2O5S. The number of methoxy groups -OCH3 is 2. The lowest BCUT2D eigenvalue weighted by atomic mass is 10.3. The lowest BCUT2D eigenvalue weighted by molar-refractivity contribution is -0.128. The van der Waals surface area contributed by atoms with E-state index in [0.717, 1.165) is 4.31 Å². The number of sulfonamides is 1. The highest BCUT2D eigenvalue weighted by atomic mass is 79.9. The van der Waals surface area contributed by atoms with Crippen LogP contribution in [0.15, 0.2) is 21.5 Å². The number of ether oxygens (including phenoxy) is 2. The molecule has 0 radical (unpaired) electrons. The second-order valence-electron chi connectivity index (χ2n) is 4.86. The van der Waals surface area contributed by atoms with Crippen LogP contribution in [0.4, 0.5) is 0 Å². The normalized spacial score (nSPS) is 11.4. The van der Waals surface area contributed by atoms with Gasteiger partial charge in [0.2, 0.25) is 15.9 Å². The van der Waals surface area contributed by atoms with Crippen molar-refractivity contribution >= 4 is 31.9 Å². The highest BCUT2D eigenvalue weighted by Crippen LogP contribution is 2.36. The van der Waals surface area contributed by atoms with Crippen molar-refractivity contribution in [1.29, 1.82) is 0 Å². The molecule has 0 unspecified atom stereocenters. The molecule has 9 heteroatoms. The van der Waals surface area contributed by atoms with Crippen molar-refractivity contribution < 1.29 is 22.7 Å². The van der Waals surface area contributed by atoms with Gasteiger partial charge in [-0.3, -0.25) is 4.79 Å². The SMILES string of the molecule is CCN(CC(=O)N(C)C)S(=O)(=O)c1cc(OC)c(OC)cc1Br. The van der Waals surface area contributed by atoms with Crippen molar-refractivity contribution in [3.8, 4) is 11.5 Å². The number of carbonyl (C=O) groups is 1. The smallest absolute Gasteiger partial charge is 0.244 e. The van der Waals surface area contributed by atoms with Gasteiger partial charge in [-0.15, -0.1) is 0 Å². The van der Waals surface area contributed by atoms with Gasteiger partial charge in [-0.25, -0.2) is 8.42 Å². The zero-order valence-electron chi connectivity index (χ0n) is 13.8. The quantitative estimate of drug-likeness (QED) is 0.684. The Morgan fingerprint density at radius 2 is 1.70 bits per heavy atom. The summed E-state index contributed by atoms with van der Waals surface area (Å²) in [5.74, 6) is 0.405. The van der Waals surface area contributed by atoms with Crippen LogP contribution in [0, 0.1) is 0 Å². The molecule has 0 aliphatic rings. The molecule has 1 rings (SSSR count). The number of rotatable bonds is 7. The molecule has 0 saturated carbocycles. The zero-order valence-corrected chi connectivity index (χ0v) is 16.2. The Bertz CT molecular complexity index is 676. The number of halogens is 1. The van der Waals surface area contributed by atoms with Crippen LogP contribution < -0.4 is 9.47 Å². The molecule has 23 heavy (non-hydrogen) atoms. The van der Waals surface area contributed by atoms with Crippen LogP contribution in [-0.4, -0.2) is 64.9 Å². The van der Waals surface area contributed by atoms with Crippen molar-refractivity contribution in [2.24, 2.45) is 0 Å². The minimum absolute atomic E-state index is 0.0172. The molecule has 0 saturated heterocycles. The van der Waals surface area contributed by atoms with E-state index in [-0.39, 0.29) is 23.9 Å². The lowest BCUT2D eigenvalue weighted by Gasteiger charge is -2.23. The summed E-state index contributed by atoms with van der Waals surface area (Å²) in [7, 11) is 2.18. The van der Waals surface area contributed by atoms with Crippen LogP contribution in [0.2, 0.25) is 0 Å². The largest absolute Gasteiger partial charge is 0.493 e. The number of carbonyl (C=O) groups excluding carboxylic acids is 1. The number of likely N-dealkylation sites (N-methyl/N-ethyl adjacent to an activating group) is 2. The highest BCUT2D eigenvalue weighted by Gasteiger charge is 2.29. The molecule has 0 aromatic heterocycles. The number of nitrogens with zero attached hydrogens (tertiary/aromatic N) is 2. The van der Waals surface area contributed by atoms with Crippen LogP contribution in [0.5, 0.6) is 11.5 Å². The van der Waals surface area contributed by atoms with Gasteiger partial charge in [0.05, 0.1) is 20.8 Å². The summed E-state index contributed by atoms with van der Waals surface area (Å²) in [5.41, 5.74) is 0. The second kappa shape index (κ2) is 7.98. The summed E-state index contributed by atoms with van der Waals surface area (Å²) in [6, 6.07) is 2.90. The summed E-state index contributed by atoms with van der Waals surface area (Å²) >= 11 is 3.24. The Morgan fingerprint density at radius 1 is 1.17 bits per heavy atom. The average Bonchev–Trinajstić information content (AvgIpc) is 2.51. The standard InChI is InChI=1S/C14H21BrN2O5S/c1-6-17(9-14(18)16(2)3)23(19,20)13-8-12(22-5)11(21-4)7-10(13)15/h7-8H,6,9H2,1-5H3. The molecule has 1 aromatic carbocycles. The van der Waals surface area contributed by atoms with Crippen molar-refractivity contribution in [1.82, 2.24) is 9.21 Å². The van der Waals surface area contributed by atoms with Gasteiger partial charge in [0, 0.05) is 31.2 Å². The number of hydrogen-bond acceptors (Lipinski definition) is 5. The van der Waals surface area contributed by atoms with E-state index in [1.807, 2.05) is 0 Å². The van der Waals surface area contributed by atoms with E-state index < -0.39 is 10.0 Å². The van der Waals surface area contributed by atoms with Crippen LogP contribution in [0.25, 0.3) is 0 Å². The fourth-order valence-corrected chi connectivity index (χ4v) is 4.23. The average molecular weight is 409 g/mol. The van der Waals surface area contributed by atoms with E-state index in [4.69, 9.17) is 9.47 Å². The molecular weight excluding hydrogens is 388 g/mol. The van der Waals surface area contributed by atoms with Crippen molar-refractivity contribution in [3.05, 3.63) is 16.6 Å². The molecule has 0 N–H and O–H groups in total. The Labute approximate surface area is 145 Å². The maximum atomic E-state index is 12.8. The summed E-state index contributed by atoms with van der Waals surface area (Å²) in [6.45, 7) is 1.62. The number of benzene rings is 1. The van der Waals surface area contributed by atoms with Crippen LogP contribution in [0.3, 0.4) is 0 Å². The summed E-state index contributed by atoms with van der Waals surface area (Å²) in [4.78, 5) is 13.2. The van der Waals surface area contributed by atoms with Crippen molar-refractivity contribution in [2.75, 3.05) is 41.4 Å². The fourth-order valence-electron chi connectivity index (χ4n) is 1.83. The first-order valence-corrected chi connectivity index (χ1v) is 9.04. The summed E-state index contributed by atoms with van der Waals surface area (Å²) in [5, 5.41) is 0. The first kappa shape index (κ1) is 19.7. The molecule has 0 aliphatic heterocycles. The topological polar surface area (TPSA) is 76.2 Å². The second-order valence-corrected chi connectivity index (χ2v) is 7.62. The third-order valence-electron chi connectivity index (χ3n) is 3.22. The van der Waals surface area contributed by atoms with E-state index >= 15 is 0 Å². The zero-order chi connectivity index (χ0) is 17.8. The molecule has 0 atom stereocenters. The van der Waals surface area contributed by atoms with Gasteiger partial charge in [-0.2, -0.15) is 4.31 Å². The monoisotopic (exact) mass is 408 g/mol. The molecule has 1 aromatic rings. The molecule has 7 nitrogen and oxygen atoms in total. The minimum Gasteiger partial charge on any atom is -0.493 e. The molecule has 1 amide bonds. The first-order valence-electron chi connectivity index (χ1n) is 6.80. The Kier molecular flexibility index (Phi) is 6.84. The minimum atomic E-state index is -3.86. The van der Waals surface area contributed by atoms with E-state index in [2.05, 4.69) is 15.9 Å².